The van der Waals surface area contributed by atoms with Gasteiger partial charge in [-0.2, -0.15) is 10.2 Å². The van der Waals surface area contributed by atoms with E-state index in [-0.39, 0.29) is 5.91 Å². The minimum atomic E-state index is -0.259. The van der Waals surface area contributed by atoms with Crippen molar-refractivity contribution >= 4 is 11.6 Å². The number of anilines is 1. The molecule has 1 saturated heterocycles. The Kier molecular flexibility index (Phi) is 5.87. The maximum Gasteiger partial charge on any atom is 0.273 e. The molecule has 2 N–H and O–H groups in total. The third kappa shape index (κ3) is 4.82. The minimum absolute atomic E-state index is 0.259. The summed E-state index contributed by atoms with van der Waals surface area (Å²) in [6.45, 7) is 5.13. The molecule has 2 aromatic heterocycles. The van der Waals surface area contributed by atoms with Gasteiger partial charge < -0.3 is 14.8 Å². The first-order chi connectivity index (χ1) is 14.2. The van der Waals surface area contributed by atoms with Crippen LogP contribution in [0.5, 0.6) is 5.75 Å². The van der Waals surface area contributed by atoms with Gasteiger partial charge in [0, 0.05) is 31.4 Å². The van der Waals surface area contributed by atoms with E-state index < -0.39 is 0 Å². The van der Waals surface area contributed by atoms with Crippen molar-refractivity contribution in [2.45, 2.75) is 6.54 Å². The van der Waals surface area contributed by atoms with Crippen molar-refractivity contribution in [2.75, 3.05) is 45.3 Å². The largest absolute Gasteiger partial charge is 0.497 e. The van der Waals surface area contributed by atoms with Crippen LogP contribution in [-0.4, -0.2) is 70.7 Å². The number of ether oxygens (including phenoxy) is 2. The molecular weight excluding hydrogens is 372 g/mol. The molecule has 1 aliphatic heterocycles. The number of hydrogen-bond acceptors (Lipinski definition) is 6. The standard InChI is InChI=1S/C20H24N6O3/c1-28-17-4-2-15(3-5-17)18-12-19(24-23-18)20(27)22-16-13-21-26(14-16)7-6-25-8-10-29-11-9-25/h2-5,12-14H,6-11H2,1H3,(H,22,27)(H,23,24). The van der Waals surface area contributed by atoms with E-state index in [0.717, 1.165) is 50.7 Å². The first-order valence-electron chi connectivity index (χ1n) is 9.55. The van der Waals surface area contributed by atoms with Crippen LogP contribution in [0.1, 0.15) is 10.5 Å². The second kappa shape index (κ2) is 8.89. The summed E-state index contributed by atoms with van der Waals surface area (Å²) in [6, 6.07) is 9.23. The van der Waals surface area contributed by atoms with E-state index in [1.54, 1.807) is 19.4 Å². The van der Waals surface area contributed by atoms with E-state index >= 15 is 0 Å². The molecule has 0 saturated carbocycles. The molecule has 0 aliphatic carbocycles. The van der Waals surface area contributed by atoms with Crippen LogP contribution < -0.4 is 10.1 Å². The van der Waals surface area contributed by atoms with Crippen molar-refractivity contribution in [1.29, 1.82) is 0 Å². The highest BCUT2D eigenvalue weighted by Gasteiger charge is 2.13. The Hall–Kier alpha value is -3.17. The van der Waals surface area contributed by atoms with E-state index in [1.165, 1.54) is 0 Å². The van der Waals surface area contributed by atoms with Crippen molar-refractivity contribution in [3.05, 3.63) is 48.4 Å². The second-order valence-corrected chi connectivity index (χ2v) is 6.80. The molecule has 3 aromatic rings. The molecule has 1 aromatic carbocycles. The second-order valence-electron chi connectivity index (χ2n) is 6.80. The van der Waals surface area contributed by atoms with Gasteiger partial charge in [0.2, 0.25) is 0 Å². The lowest BCUT2D eigenvalue weighted by Gasteiger charge is -2.26. The maximum absolute atomic E-state index is 12.5. The molecule has 1 fully saturated rings. The van der Waals surface area contributed by atoms with Gasteiger partial charge >= 0.3 is 0 Å². The van der Waals surface area contributed by atoms with Gasteiger partial charge in [-0.25, -0.2) is 0 Å². The molecule has 0 bridgehead atoms. The van der Waals surface area contributed by atoms with Gasteiger partial charge in [-0.3, -0.25) is 19.5 Å². The van der Waals surface area contributed by atoms with Crippen LogP contribution in [0.15, 0.2) is 42.7 Å². The molecule has 0 radical (unpaired) electrons. The van der Waals surface area contributed by atoms with Crippen LogP contribution >= 0.6 is 0 Å². The Morgan fingerprint density at radius 3 is 2.79 bits per heavy atom. The van der Waals surface area contributed by atoms with Crippen LogP contribution in [-0.2, 0) is 11.3 Å². The SMILES string of the molecule is COc1ccc(-c2cc(C(=O)Nc3cnn(CCN4CCOCC4)c3)[nH]n2)cc1. The smallest absolute Gasteiger partial charge is 0.273 e. The number of morpholine rings is 1. The Bertz CT molecular complexity index is 943. The molecule has 1 amide bonds. The Labute approximate surface area is 168 Å². The number of hydrogen-bond donors (Lipinski definition) is 2. The van der Waals surface area contributed by atoms with Crippen molar-refractivity contribution in [3.63, 3.8) is 0 Å². The van der Waals surface area contributed by atoms with Crippen LogP contribution in [0, 0.1) is 0 Å². The lowest BCUT2D eigenvalue weighted by molar-refractivity contribution is 0.0360. The van der Waals surface area contributed by atoms with E-state index in [1.807, 2.05) is 35.1 Å². The topological polar surface area (TPSA) is 97.3 Å². The Morgan fingerprint density at radius 1 is 1.24 bits per heavy atom. The van der Waals surface area contributed by atoms with Crippen LogP contribution in [0.3, 0.4) is 0 Å². The average molecular weight is 396 g/mol. The van der Waals surface area contributed by atoms with Gasteiger partial charge in [-0.05, 0) is 30.3 Å². The summed E-state index contributed by atoms with van der Waals surface area (Å²) >= 11 is 0. The quantitative estimate of drug-likeness (QED) is 0.633. The van der Waals surface area contributed by atoms with Crippen LogP contribution in [0.4, 0.5) is 5.69 Å². The molecule has 9 heteroatoms. The number of nitrogens with one attached hydrogen (secondary N) is 2. The molecule has 4 rings (SSSR count). The number of aromatic nitrogens is 4. The fourth-order valence-corrected chi connectivity index (χ4v) is 3.17. The van der Waals surface area contributed by atoms with E-state index in [2.05, 4.69) is 25.5 Å². The average Bonchev–Trinajstić information content (AvgIpc) is 3.43. The monoisotopic (exact) mass is 396 g/mol. The number of benzene rings is 1. The predicted molar refractivity (Wildman–Crippen MR) is 108 cm³/mol. The summed E-state index contributed by atoms with van der Waals surface area (Å²) < 4.78 is 12.4. The number of rotatable bonds is 7. The zero-order chi connectivity index (χ0) is 20.1. The number of carbonyl (C=O) groups excluding carboxylic acids is 1. The lowest BCUT2D eigenvalue weighted by atomic mass is 10.1. The van der Waals surface area contributed by atoms with Gasteiger partial charge in [0.15, 0.2) is 0 Å². The van der Waals surface area contributed by atoms with Gasteiger partial charge in [0.05, 0.1) is 44.4 Å². The molecule has 0 spiro atoms. The minimum Gasteiger partial charge on any atom is -0.497 e. The van der Waals surface area contributed by atoms with Crippen LogP contribution in [0.25, 0.3) is 11.3 Å². The Morgan fingerprint density at radius 2 is 2.03 bits per heavy atom. The van der Waals surface area contributed by atoms with Gasteiger partial charge in [-0.1, -0.05) is 0 Å². The van der Waals surface area contributed by atoms with Crippen molar-refractivity contribution < 1.29 is 14.3 Å². The summed E-state index contributed by atoms with van der Waals surface area (Å²) in [6.07, 6.45) is 3.48. The number of methoxy groups -OCH3 is 1. The first-order valence-corrected chi connectivity index (χ1v) is 9.55. The highest BCUT2D eigenvalue weighted by atomic mass is 16.5. The fraction of sp³-hybridized carbons (Fsp3) is 0.350. The van der Waals surface area contributed by atoms with Crippen LogP contribution in [0.2, 0.25) is 0 Å². The molecule has 29 heavy (non-hydrogen) atoms. The third-order valence-corrected chi connectivity index (χ3v) is 4.85. The van der Waals surface area contributed by atoms with Crippen molar-refractivity contribution in [1.82, 2.24) is 24.9 Å². The number of aromatic amines is 1. The normalized spacial score (nSPS) is 14.7. The number of amides is 1. The Balaban J connectivity index is 1.33. The molecular formula is C20H24N6O3. The highest BCUT2D eigenvalue weighted by molar-refractivity contribution is 6.03. The zero-order valence-electron chi connectivity index (χ0n) is 16.3. The molecule has 9 nitrogen and oxygen atoms in total. The van der Waals surface area contributed by atoms with E-state index in [0.29, 0.717) is 17.1 Å². The molecule has 0 atom stereocenters. The molecule has 3 heterocycles. The summed E-state index contributed by atoms with van der Waals surface area (Å²) in [7, 11) is 1.62. The van der Waals surface area contributed by atoms with Crippen molar-refractivity contribution in [2.24, 2.45) is 0 Å². The zero-order valence-corrected chi connectivity index (χ0v) is 16.3. The highest BCUT2D eigenvalue weighted by Crippen LogP contribution is 2.21. The maximum atomic E-state index is 12.5. The van der Waals surface area contributed by atoms with Gasteiger partial charge in [0.25, 0.3) is 5.91 Å². The number of carbonyl (C=O) groups is 1. The molecule has 152 valence electrons. The summed E-state index contributed by atoms with van der Waals surface area (Å²) in [5, 5.41) is 14.2. The van der Waals surface area contributed by atoms with Crippen molar-refractivity contribution in [3.8, 4) is 17.0 Å². The number of nitrogens with zero attached hydrogens (tertiary/aromatic N) is 4. The molecule has 0 unspecified atom stereocenters. The summed E-state index contributed by atoms with van der Waals surface area (Å²) in [5.41, 5.74) is 2.63. The number of H-pyrrole nitrogens is 1. The third-order valence-electron chi connectivity index (χ3n) is 4.85. The summed E-state index contributed by atoms with van der Waals surface area (Å²) in [5.74, 6) is 0.512. The van der Waals surface area contributed by atoms with Gasteiger partial charge in [-0.15, -0.1) is 0 Å². The van der Waals surface area contributed by atoms with Gasteiger partial charge in [0.1, 0.15) is 11.4 Å². The molecule has 1 aliphatic rings. The fourth-order valence-electron chi connectivity index (χ4n) is 3.17. The van der Waals surface area contributed by atoms with E-state index in [9.17, 15) is 4.79 Å². The van der Waals surface area contributed by atoms with E-state index in [4.69, 9.17) is 9.47 Å². The first kappa shape index (κ1) is 19.2. The summed E-state index contributed by atoms with van der Waals surface area (Å²) in [4.78, 5) is 14.9. The lowest BCUT2D eigenvalue weighted by Crippen LogP contribution is -2.38. The predicted octanol–water partition coefficient (Wildman–Crippen LogP) is 1.87.